The highest BCUT2D eigenvalue weighted by Gasteiger charge is 2.09. The first-order valence-corrected chi connectivity index (χ1v) is 10.3. The number of hydrogen-bond donors (Lipinski definition) is 2. The van der Waals surface area contributed by atoms with Crippen molar-refractivity contribution in [1.29, 1.82) is 5.26 Å². The van der Waals surface area contributed by atoms with Crippen LogP contribution in [0.5, 0.6) is 0 Å². The quantitative estimate of drug-likeness (QED) is 0.342. The van der Waals surface area contributed by atoms with Gasteiger partial charge in [-0.15, -0.1) is 0 Å². The Morgan fingerprint density at radius 2 is 1.81 bits per heavy atom. The molecule has 32 heavy (non-hydrogen) atoms. The molecular formula is C26H23N5O. The Hall–Kier alpha value is -4.37. The fourth-order valence-corrected chi connectivity index (χ4v) is 3.53. The summed E-state index contributed by atoms with van der Waals surface area (Å²) < 4.78 is 2.09. The molecule has 0 fully saturated rings. The van der Waals surface area contributed by atoms with E-state index in [1.807, 2.05) is 85.9 Å². The molecule has 0 radical (unpaired) electrons. The number of amides is 1. The number of carbonyl (C=O) groups is 1. The van der Waals surface area contributed by atoms with Crippen LogP contribution < -0.4 is 10.7 Å². The molecule has 6 heteroatoms. The number of anilines is 1. The van der Waals surface area contributed by atoms with Crippen LogP contribution >= 0.6 is 0 Å². The first-order chi connectivity index (χ1) is 15.6. The molecular weight excluding hydrogens is 398 g/mol. The van der Waals surface area contributed by atoms with Crippen LogP contribution in [0.1, 0.15) is 22.3 Å². The summed E-state index contributed by atoms with van der Waals surface area (Å²) in [5.74, 6) is -0.228. The van der Waals surface area contributed by atoms with Crippen molar-refractivity contribution < 1.29 is 4.79 Å². The van der Waals surface area contributed by atoms with Gasteiger partial charge in [0, 0.05) is 34.9 Å². The predicted molar refractivity (Wildman–Crippen MR) is 128 cm³/mol. The number of nitriles is 1. The van der Waals surface area contributed by atoms with Crippen LogP contribution in [0.15, 0.2) is 84.1 Å². The van der Waals surface area contributed by atoms with Crippen molar-refractivity contribution in [1.82, 2.24) is 9.99 Å². The number of benzene rings is 3. The molecule has 4 aromatic rings. The average molecular weight is 422 g/mol. The minimum absolute atomic E-state index is 0.132. The highest BCUT2D eigenvalue weighted by atomic mass is 16.2. The molecule has 0 atom stereocenters. The highest BCUT2D eigenvalue weighted by Crippen LogP contribution is 2.22. The Labute approximate surface area is 186 Å². The van der Waals surface area contributed by atoms with Crippen molar-refractivity contribution in [2.45, 2.75) is 13.5 Å². The van der Waals surface area contributed by atoms with E-state index in [0.29, 0.717) is 12.1 Å². The van der Waals surface area contributed by atoms with Gasteiger partial charge in [-0.05, 0) is 36.8 Å². The number of aryl methyl sites for hydroxylation is 1. The number of rotatable bonds is 7. The van der Waals surface area contributed by atoms with Crippen LogP contribution in [-0.2, 0) is 11.3 Å². The molecule has 3 aromatic carbocycles. The van der Waals surface area contributed by atoms with E-state index in [0.717, 1.165) is 27.7 Å². The second kappa shape index (κ2) is 9.63. The summed E-state index contributed by atoms with van der Waals surface area (Å²) in [6.45, 7) is 2.72. The third-order valence-electron chi connectivity index (χ3n) is 5.20. The average Bonchev–Trinajstić information content (AvgIpc) is 3.16. The topological polar surface area (TPSA) is 82.2 Å². The Morgan fingerprint density at radius 1 is 1.06 bits per heavy atom. The van der Waals surface area contributed by atoms with E-state index in [9.17, 15) is 10.1 Å². The predicted octanol–water partition coefficient (Wildman–Crippen LogP) is 4.43. The Kier molecular flexibility index (Phi) is 6.28. The molecule has 1 aromatic heterocycles. The summed E-state index contributed by atoms with van der Waals surface area (Å²) in [6.07, 6.45) is 3.64. The van der Waals surface area contributed by atoms with E-state index < -0.39 is 0 Å². The minimum Gasteiger partial charge on any atom is -0.376 e. The number of para-hydroxylation sites is 1. The number of hydrogen-bond acceptors (Lipinski definition) is 4. The summed E-state index contributed by atoms with van der Waals surface area (Å²) >= 11 is 0. The summed E-state index contributed by atoms with van der Waals surface area (Å²) in [4.78, 5) is 12.1. The maximum absolute atomic E-state index is 12.1. The zero-order valence-electron chi connectivity index (χ0n) is 17.7. The lowest BCUT2D eigenvalue weighted by molar-refractivity contribution is -0.119. The van der Waals surface area contributed by atoms with Gasteiger partial charge in [0.15, 0.2) is 0 Å². The van der Waals surface area contributed by atoms with Gasteiger partial charge in [-0.25, -0.2) is 5.43 Å². The Bertz CT molecular complexity index is 1310. The lowest BCUT2D eigenvalue weighted by atomic mass is 10.1. The van der Waals surface area contributed by atoms with Crippen molar-refractivity contribution in [3.63, 3.8) is 0 Å². The number of aromatic nitrogens is 1. The molecule has 0 bridgehead atoms. The molecule has 0 aliphatic rings. The third kappa shape index (κ3) is 4.85. The molecule has 0 saturated heterocycles. The molecule has 158 valence electrons. The van der Waals surface area contributed by atoms with E-state index >= 15 is 0 Å². The van der Waals surface area contributed by atoms with E-state index in [1.165, 1.54) is 5.56 Å². The number of hydrazone groups is 1. The molecule has 0 saturated carbocycles. The number of nitrogens with one attached hydrogen (secondary N) is 2. The molecule has 0 spiro atoms. The summed E-state index contributed by atoms with van der Waals surface area (Å²) in [6, 6.07) is 25.7. The first kappa shape index (κ1) is 20.9. The van der Waals surface area contributed by atoms with Crippen molar-refractivity contribution in [3.05, 3.63) is 101 Å². The molecule has 1 amide bonds. The molecule has 0 aliphatic carbocycles. The third-order valence-corrected chi connectivity index (χ3v) is 5.20. The number of carbonyl (C=O) groups excluding carboxylic acids is 1. The van der Waals surface area contributed by atoms with Crippen molar-refractivity contribution in [2.75, 3.05) is 11.9 Å². The maximum Gasteiger partial charge on any atom is 0.259 e. The summed E-state index contributed by atoms with van der Waals surface area (Å²) in [5, 5.41) is 17.6. The van der Waals surface area contributed by atoms with Gasteiger partial charge in [0.2, 0.25) is 0 Å². The maximum atomic E-state index is 12.1. The van der Waals surface area contributed by atoms with Crippen molar-refractivity contribution >= 4 is 28.7 Å². The van der Waals surface area contributed by atoms with Crippen LogP contribution in [-0.4, -0.2) is 23.2 Å². The largest absolute Gasteiger partial charge is 0.376 e. The van der Waals surface area contributed by atoms with Crippen molar-refractivity contribution in [3.8, 4) is 6.07 Å². The van der Waals surface area contributed by atoms with Crippen LogP contribution in [0, 0.1) is 18.3 Å². The van der Waals surface area contributed by atoms with Crippen molar-refractivity contribution in [2.24, 2.45) is 5.10 Å². The first-order valence-electron chi connectivity index (χ1n) is 10.3. The molecule has 1 heterocycles. The van der Waals surface area contributed by atoms with Gasteiger partial charge in [-0.1, -0.05) is 54.1 Å². The lowest BCUT2D eigenvalue weighted by Crippen LogP contribution is -2.25. The van der Waals surface area contributed by atoms with Gasteiger partial charge in [0.1, 0.15) is 0 Å². The Morgan fingerprint density at radius 3 is 2.62 bits per heavy atom. The molecule has 4 rings (SSSR count). The smallest absolute Gasteiger partial charge is 0.259 e. The summed E-state index contributed by atoms with van der Waals surface area (Å²) in [7, 11) is 0. The van der Waals surface area contributed by atoms with Gasteiger partial charge < -0.3 is 9.88 Å². The number of nitrogens with zero attached hydrogens (tertiary/aromatic N) is 3. The van der Waals surface area contributed by atoms with E-state index in [4.69, 9.17) is 0 Å². The number of fused-ring (bicyclic) bond motifs is 1. The minimum atomic E-state index is -0.228. The van der Waals surface area contributed by atoms with Crippen LogP contribution in [0.25, 0.3) is 10.9 Å². The SMILES string of the molecule is Cc1ccc(NCC(=O)N/N=C\c2cn(Cc3ccccc3C#N)c3ccccc23)cc1. The normalized spacial score (nSPS) is 10.9. The van der Waals surface area contributed by atoms with Crippen LogP contribution in [0.4, 0.5) is 5.69 Å². The monoisotopic (exact) mass is 421 g/mol. The second-order valence-electron chi connectivity index (χ2n) is 7.51. The summed E-state index contributed by atoms with van der Waals surface area (Å²) in [5.41, 5.74) is 8.16. The van der Waals surface area contributed by atoms with E-state index in [2.05, 4.69) is 26.5 Å². The second-order valence-corrected chi connectivity index (χ2v) is 7.51. The molecule has 0 unspecified atom stereocenters. The molecule has 6 nitrogen and oxygen atoms in total. The van der Waals surface area contributed by atoms with Crippen LogP contribution in [0.2, 0.25) is 0 Å². The van der Waals surface area contributed by atoms with Gasteiger partial charge in [-0.3, -0.25) is 4.79 Å². The standard InChI is InChI=1S/C26H23N5O/c1-19-10-12-23(13-11-19)28-16-26(32)30-29-15-22-18-31(25-9-5-4-8-24(22)25)17-21-7-3-2-6-20(21)14-27/h2-13,15,18,28H,16-17H2,1H3,(H,30,32)/b29-15-. The van der Waals surface area contributed by atoms with Crippen LogP contribution in [0.3, 0.4) is 0 Å². The fourth-order valence-electron chi connectivity index (χ4n) is 3.53. The van der Waals surface area contributed by atoms with Gasteiger partial charge >= 0.3 is 0 Å². The van der Waals surface area contributed by atoms with E-state index in [1.54, 1.807) is 6.21 Å². The molecule has 0 aliphatic heterocycles. The lowest BCUT2D eigenvalue weighted by Gasteiger charge is -2.07. The zero-order valence-corrected chi connectivity index (χ0v) is 17.7. The van der Waals surface area contributed by atoms with Gasteiger partial charge in [0.25, 0.3) is 5.91 Å². The molecule has 2 N–H and O–H groups in total. The van der Waals surface area contributed by atoms with E-state index in [-0.39, 0.29) is 12.5 Å². The fraction of sp³-hybridized carbons (Fsp3) is 0.115. The van der Waals surface area contributed by atoms with Gasteiger partial charge in [-0.2, -0.15) is 10.4 Å². The van der Waals surface area contributed by atoms with Gasteiger partial charge in [0.05, 0.1) is 24.4 Å². The zero-order chi connectivity index (χ0) is 22.3. The Balaban J connectivity index is 1.46. The highest BCUT2D eigenvalue weighted by molar-refractivity contribution is 5.99.